The van der Waals surface area contributed by atoms with Crippen molar-refractivity contribution in [2.45, 2.75) is 38.1 Å². The SMILES string of the molecule is O=C(O)CC1CCCN(C(=O)NC2CCNCC2)C1. The van der Waals surface area contributed by atoms with E-state index in [0.717, 1.165) is 45.3 Å². The van der Waals surface area contributed by atoms with Crippen molar-refractivity contribution in [2.75, 3.05) is 26.2 Å². The van der Waals surface area contributed by atoms with Crippen LogP contribution in [0.15, 0.2) is 0 Å². The number of nitrogens with zero attached hydrogens (tertiary/aromatic N) is 1. The number of carboxylic acids is 1. The summed E-state index contributed by atoms with van der Waals surface area (Å²) in [5.74, 6) is -0.671. The van der Waals surface area contributed by atoms with Gasteiger partial charge in [0.2, 0.25) is 0 Å². The minimum absolute atomic E-state index is 0.0259. The van der Waals surface area contributed by atoms with Crippen LogP contribution >= 0.6 is 0 Å². The lowest BCUT2D eigenvalue weighted by atomic mass is 9.95. The van der Waals surface area contributed by atoms with E-state index in [-0.39, 0.29) is 24.4 Å². The van der Waals surface area contributed by atoms with Gasteiger partial charge in [0.15, 0.2) is 0 Å². The molecule has 2 aliphatic rings. The van der Waals surface area contributed by atoms with Crippen molar-refractivity contribution in [3.05, 3.63) is 0 Å². The molecular formula is C13H23N3O3. The summed E-state index contributed by atoms with van der Waals surface area (Å²) >= 11 is 0. The molecule has 108 valence electrons. The summed E-state index contributed by atoms with van der Waals surface area (Å²) in [5, 5.41) is 15.2. The van der Waals surface area contributed by atoms with Gasteiger partial charge in [-0.1, -0.05) is 0 Å². The summed E-state index contributed by atoms with van der Waals surface area (Å²) in [6, 6.07) is 0.232. The van der Waals surface area contributed by atoms with Crippen LogP contribution in [0, 0.1) is 5.92 Å². The van der Waals surface area contributed by atoms with Gasteiger partial charge in [-0.15, -0.1) is 0 Å². The average molecular weight is 269 g/mol. The van der Waals surface area contributed by atoms with Gasteiger partial charge in [-0.05, 0) is 44.7 Å². The molecule has 3 N–H and O–H groups in total. The smallest absolute Gasteiger partial charge is 0.317 e. The summed E-state index contributed by atoms with van der Waals surface area (Å²) in [6.07, 6.45) is 3.91. The largest absolute Gasteiger partial charge is 0.481 e. The Labute approximate surface area is 113 Å². The number of aliphatic carboxylic acids is 1. The van der Waals surface area contributed by atoms with Crippen LogP contribution in [0.4, 0.5) is 4.79 Å². The zero-order valence-corrected chi connectivity index (χ0v) is 11.2. The predicted molar refractivity (Wildman–Crippen MR) is 71.0 cm³/mol. The van der Waals surface area contributed by atoms with Crippen LogP contribution in [-0.4, -0.2) is 54.2 Å². The molecule has 0 spiro atoms. The molecule has 2 saturated heterocycles. The predicted octanol–water partition coefficient (Wildman–Crippen LogP) is 0.635. The molecule has 0 bridgehead atoms. The number of likely N-dealkylation sites (tertiary alicyclic amines) is 1. The van der Waals surface area contributed by atoms with E-state index in [9.17, 15) is 9.59 Å². The molecule has 1 unspecified atom stereocenters. The number of amides is 2. The molecule has 0 aliphatic carbocycles. The average Bonchev–Trinajstić information content (AvgIpc) is 2.39. The van der Waals surface area contributed by atoms with Gasteiger partial charge in [-0.25, -0.2) is 4.79 Å². The molecule has 0 aromatic heterocycles. The first-order chi connectivity index (χ1) is 9.15. The molecule has 2 amide bonds. The fraction of sp³-hybridized carbons (Fsp3) is 0.846. The topological polar surface area (TPSA) is 81.7 Å². The Bertz CT molecular complexity index is 329. The maximum Gasteiger partial charge on any atom is 0.317 e. The lowest BCUT2D eigenvalue weighted by Gasteiger charge is -2.34. The van der Waals surface area contributed by atoms with E-state index < -0.39 is 5.97 Å². The standard InChI is InChI=1S/C13H23N3O3/c17-12(18)8-10-2-1-7-16(9-10)13(19)15-11-3-5-14-6-4-11/h10-11,14H,1-9H2,(H,15,19)(H,17,18). The van der Waals surface area contributed by atoms with E-state index in [4.69, 9.17) is 5.11 Å². The minimum Gasteiger partial charge on any atom is -0.481 e. The van der Waals surface area contributed by atoms with Gasteiger partial charge in [-0.2, -0.15) is 0 Å². The highest BCUT2D eigenvalue weighted by atomic mass is 16.4. The molecule has 2 aliphatic heterocycles. The fourth-order valence-corrected chi connectivity index (χ4v) is 2.90. The fourth-order valence-electron chi connectivity index (χ4n) is 2.90. The third-order valence-corrected chi connectivity index (χ3v) is 3.94. The van der Waals surface area contributed by atoms with Crippen LogP contribution in [0.5, 0.6) is 0 Å². The summed E-state index contributed by atoms with van der Waals surface area (Å²) in [6.45, 7) is 3.22. The van der Waals surface area contributed by atoms with Gasteiger partial charge in [0, 0.05) is 25.6 Å². The number of carbonyl (C=O) groups excluding carboxylic acids is 1. The van der Waals surface area contributed by atoms with Gasteiger partial charge < -0.3 is 20.6 Å². The number of carboxylic acid groups (broad SMARTS) is 1. The Morgan fingerprint density at radius 2 is 2.00 bits per heavy atom. The van der Waals surface area contributed by atoms with Crippen molar-refractivity contribution in [3.63, 3.8) is 0 Å². The summed E-state index contributed by atoms with van der Waals surface area (Å²) in [4.78, 5) is 24.7. The second-order valence-corrected chi connectivity index (χ2v) is 5.53. The van der Waals surface area contributed by atoms with Gasteiger partial charge in [0.25, 0.3) is 0 Å². The molecular weight excluding hydrogens is 246 g/mol. The molecule has 19 heavy (non-hydrogen) atoms. The molecule has 0 aromatic rings. The Hall–Kier alpha value is -1.30. The summed E-state index contributed by atoms with van der Waals surface area (Å²) in [5.41, 5.74) is 0. The Morgan fingerprint density at radius 3 is 2.68 bits per heavy atom. The number of carbonyl (C=O) groups is 2. The Morgan fingerprint density at radius 1 is 1.26 bits per heavy atom. The van der Waals surface area contributed by atoms with Gasteiger partial charge in [0.1, 0.15) is 0 Å². The lowest BCUT2D eigenvalue weighted by Crippen LogP contribution is -2.51. The molecule has 6 heteroatoms. The Kier molecular flexibility index (Phi) is 5.01. The molecule has 1 atom stereocenters. The third-order valence-electron chi connectivity index (χ3n) is 3.94. The highest BCUT2D eigenvalue weighted by molar-refractivity contribution is 5.75. The number of urea groups is 1. The second kappa shape index (κ2) is 6.75. The maximum absolute atomic E-state index is 12.1. The summed E-state index contributed by atoms with van der Waals surface area (Å²) < 4.78 is 0. The molecule has 2 fully saturated rings. The van der Waals surface area contributed by atoms with Crippen LogP contribution in [0.2, 0.25) is 0 Å². The first kappa shape index (κ1) is 14.1. The molecule has 0 radical (unpaired) electrons. The van der Waals surface area contributed by atoms with Crippen LogP contribution in [0.1, 0.15) is 32.1 Å². The van der Waals surface area contributed by atoms with Crippen LogP contribution in [-0.2, 0) is 4.79 Å². The van der Waals surface area contributed by atoms with Crippen molar-refractivity contribution in [3.8, 4) is 0 Å². The summed E-state index contributed by atoms with van der Waals surface area (Å²) in [7, 11) is 0. The van der Waals surface area contributed by atoms with Crippen molar-refractivity contribution in [1.29, 1.82) is 0 Å². The third kappa shape index (κ3) is 4.38. The van der Waals surface area contributed by atoms with Gasteiger partial charge in [-0.3, -0.25) is 4.79 Å². The zero-order chi connectivity index (χ0) is 13.7. The number of rotatable bonds is 3. The Balaban J connectivity index is 1.79. The highest BCUT2D eigenvalue weighted by Crippen LogP contribution is 2.19. The number of piperidine rings is 2. The van der Waals surface area contributed by atoms with E-state index in [0.29, 0.717) is 6.54 Å². The van der Waals surface area contributed by atoms with E-state index in [1.807, 2.05) is 0 Å². The molecule has 2 rings (SSSR count). The molecule has 0 saturated carbocycles. The van der Waals surface area contributed by atoms with E-state index in [1.165, 1.54) is 0 Å². The first-order valence-corrected chi connectivity index (χ1v) is 7.13. The molecule has 2 heterocycles. The molecule has 6 nitrogen and oxygen atoms in total. The van der Waals surface area contributed by atoms with Crippen molar-refractivity contribution < 1.29 is 14.7 Å². The van der Waals surface area contributed by atoms with E-state index in [1.54, 1.807) is 4.90 Å². The van der Waals surface area contributed by atoms with Crippen molar-refractivity contribution in [1.82, 2.24) is 15.5 Å². The quantitative estimate of drug-likeness (QED) is 0.702. The first-order valence-electron chi connectivity index (χ1n) is 7.13. The van der Waals surface area contributed by atoms with Crippen LogP contribution in [0.25, 0.3) is 0 Å². The monoisotopic (exact) mass is 269 g/mol. The normalized spacial score (nSPS) is 25.1. The number of hydrogen-bond acceptors (Lipinski definition) is 3. The van der Waals surface area contributed by atoms with E-state index in [2.05, 4.69) is 10.6 Å². The van der Waals surface area contributed by atoms with E-state index >= 15 is 0 Å². The maximum atomic E-state index is 12.1. The highest BCUT2D eigenvalue weighted by Gasteiger charge is 2.26. The van der Waals surface area contributed by atoms with Crippen molar-refractivity contribution in [2.24, 2.45) is 5.92 Å². The number of nitrogens with one attached hydrogen (secondary N) is 2. The van der Waals surface area contributed by atoms with Crippen molar-refractivity contribution >= 4 is 12.0 Å². The number of hydrogen-bond donors (Lipinski definition) is 3. The zero-order valence-electron chi connectivity index (χ0n) is 11.2. The molecule has 0 aromatic carbocycles. The van der Waals surface area contributed by atoms with Gasteiger partial charge in [0.05, 0.1) is 0 Å². The minimum atomic E-state index is -0.773. The van der Waals surface area contributed by atoms with Crippen LogP contribution in [0.3, 0.4) is 0 Å². The van der Waals surface area contributed by atoms with Crippen LogP contribution < -0.4 is 10.6 Å². The lowest BCUT2D eigenvalue weighted by molar-refractivity contribution is -0.138. The van der Waals surface area contributed by atoms with Gasteiger partial charge >= 0.3 is 12.0 Å². The second-order valence-electron chi connectivity index (χ2n) is 5.53.